The molecule has 0 spiro atoms. The van der Waals surface area contributed by atoms with Crippen LogP contribution in [0.25, 0.3) is 0 Å². The van der Waals surface area contributed by atoms with Gasteiger partial charge in [0.2, 0.25) is 0 Å². The lowest BCUT2D eigenvalue weighted by Gasteiger charge is -2.14. The van der Waals surface area contributed by atoms with Crippen molar-refractivity contribution in [3.8, 4) is 0 Å². The molecular weight excluding hydrogens is 216 g/mol. The van der Waals surface area contributed by atoms with E-state index in [0.717, 1.165) is 5.92 Å². The maximum Gasteiger partial charge on any atom is -0.0417 e. The molecule has 0 aromatic rings. The maximum absolute atomic E-state index is 2.38. The minimum Gasteiger partial charge on any atom is -0.0654 e. The molecule has 0 rings (SSSR count). The Bertz CT molecular complexity index is 139. The van der Waals surface area contributed by atoms with Gasteiger partial charge < -0.3 is 0 Å². The molecule has 18 heavy (non-hydrogen) atoms. The first-order chi connectivity index (χ1) is 8.85. The van der Waals surface area contributed by atoms with Crippen LogP contribution in [0, 0.1) is 5.92 Å². The van der Waals surface area contributed by atoms with E-state index in [-0.39, 0.29) is 0 Å². The fourth-order valence-electron chi connectivity index (χ4n) is 2.80. The Labute approximate surface area is 117 Å². The molecule has 0 nitrogen and oxygen atoms in total. The van der Waals surface area contributed by atoms with Gasteiger partial charge in [-0.15, -0.1) is 0 Å². The van der Waals surface area contributed by atoms with E-state index < -0.39 is 0 Å². The summed E-state index contributed by atoms with van der Waals surface area (Å²) >= 11 is 0. The van der Waals surface area contributed by atoms with Crippen molar-refractivity contribution in [2.75, 3.05) is 0 Å². The number of hydrogen-bond donors (Lipinski definition) is 0. The van der Waals surface area contributed by atoms with Crippen LogP contribution in [0.2, 0.25) is 0 Å². The van der Waals surface area contributed by atoms with Gasteiger partial charge in [-0.25, -0.2) is 0 Å². The summed E-state index contributed by atoms with van der Waals surface area (Å²) in [7, 11) is 0. The highest BCUT2D eigenvalue weighted by molar-refractivity contribution is 4.58. The minimum atomic E-state index is 1.03. The molecule has 0 aliphatic heterocycles. The molecule has 1 atom stereocenters. The van der Waals surface area contributed by atoms with E-state index in [0.29, 0.717) is 0 Å². The van der Waals surface area contributed by atoms with Gasteiger partial charge in [0.05, 0.1) is 0 Å². The molecule has 0 heteroatoms. The third kappa shape index (κ3) is 12.5. The molecule has 0 heterocycles. The zero-order valence-electron chi connectivity index (χ0n) is 13.5. The maximum atomic E-state index is 2.38. The summed E-state index contributed by atoms with van der Waals surface area (Å²) in [4.78, 5) is 0. The molecule has 0 N–H and O–H groups in total. The van der Waals surface area contributed by atoms with Gasteiger partial charge in [-0.1, -0.05) is 111 Å². The predicted molar refractivity (Wildman–Crippen MR) is 85.2 cm³/mol. The standard InChI is InChI=1S/C18H38/c1-4-7-9-11-12-13-15-17-18(6-3)16-14-10-8-5-2/h18H,4-17H2,1-3H3. The first-order valence-electron chi connectivity index (χ1n) is 8.85. The molecule has 0 radical (unpaired) electrons. The van der Waals surface area contributed by atoms with E-state index in [2.05, 4.69) is 20.8 Å². The van der Waals surface area contributed by atoms with E-state index in [1.54, 1.807) is 0 Å². The van der Waals surface area contributed by atoms with Crippen LogP contribution in [0.15, 0.2) is 0 Å². The van der Waals surface area contributed by atoms with Crippen LogP contribution in [0.3, 0.4) is 0 Å². The molecule has 0 amide bonds. The van der Waals surface area contributed by atoms with E-state index in [1.165, 1.54) is 89.9 Å². The molecule has 0 aromatic heterocycles. The van der Waals surface area contributed by atoms with Gasteiger partial charge in [0.25, 0.3) is 0 Å². The smallest absolute Gasteiger partial charge is 0.0417 e. The van der Waals surface area contributed by atoms with Gasteiger partial charge in [-0.05, 0) is 5.92 Å². The van der Waals surface area contributed by atoms with E-state index >= 15 is 0 Å². The van der Waals surface area contributed by atoms with Crippen LogP contribution in [-0.4, -0.2) is 0 Å². The zero-order chi connectivity index (χ0) is 13.5. The molecule has 110 valence electrons. The Morgan fingerprint density at radius 3 is 1.33 bits per heavy atom. The number of unbranched alkanes of at least 4 members (excludes halogenated alkanes) is 9. The fourth-order valence-corrected chi connectivity index (χ4v) is 2.80. The summed E-state index contributed by atoms with van der Waals surface area (Å²) in [5.41, 5.74) is 0. The summed E-state index contributed by atoms with van der Waals surface area (Å²) in [5, 5.41) is 0. The molecular formula is C18H38. The summed E-state index contributed by atoms with van der Waals surface area (Å²) in [5.74, 6) is 1.03. The Morgan fingerprint density at radius 2 is 0.889 bits per heavy atom. The first kappa shape index (κ1) is 18.0. The molecule has 0 fully saturated rings. The van der Waals surface area contributed by atoms with Crippen LogP contribution in [-0.2, 0) is 0 Å². The number of hydrogen-bond acceptors (Lipinski definition) is 0. The van der Waals surface area contributed by atoms with Gasteiger partial charge >= 0.3 is 0 Å². The summed E-state index contributed by atoms with van der Waals surface area (Å²) in [6.07, 6.45) is 20.3. The normalized spacial score (nSPS) is 12.8. The third-order valence-corrected chi connectivity index (χ3v) is 4.26. The lowest BCUT2D eigenvalue weighted by atomic mass is 9.92. The lowest BCUT2D eigenvalue weighted by molar-refractivity contribution is 0.394. The quantitative estimate of drug-likeness (QED) is 0.289. The molecule has 1 unspecified atom stereocenters. The zero-order valence-corrected chi connectivity index (χ0v) is 13.5. The van der Waals surface area contributed by atoms with Gasteiger partial charge in [-0.2, -0.15) is 0 Å². The highest BCUT2D eigenvalue weighted by Crippen LogP contribution is 2.21. The minimum absolute atomic E-state index is 1.03. The largest absolute Gasteiger partial charge is 0.0654 e. The van der Waals surface area contributed by atoms with Crippen molar-refractivity contribution in [1.29, 1.82) is 0 Å². The summed E-state index contributed by atoms with van der Waals surface area (Å²) in [6.45, 7) is 6.98. The lowest BCUT2D eigenvalue weighted by Crippen LogP contribution is -1.99. The summed E-state index contributed by atoms with van der Waals surface area (Å²) in [6, 6.07) is 0. The average Bonchev–Trinajstić information content (AvgIpc) is 2.40. The van der Waals surface area contributed by atoms with Gasteiger partial charge in [0, 0.05) is 0 Å². The molecule has 0 saturated carbocycles. The number of rotatable bonds is 14. The summed E-state index contributed by atoms with van der Waals surface area (Å²) < 4.78 is 0. The van der Waals surface area contributed by atoms with E-state index in [4.69, 9.17) is 0 Å². The van der Waals surface area contributed by atoms with Crippen LogP contribution in [0.5, 0.6) is 0 Å². The topological polar surface area (TPSA) is 0 Å². The van der Waals surface area contributed by atoms with Gasteiger partial charge in [-0.3, -0.25) is 0 Å². The Morgan fingerprint density at radius 1 is 0.500 bits per heavy atom. The average molecular weight is 255 g/mol. The van der Waals surface area contributed by atoms with Crippen molar-refractivity contribution < 1.29 is 0 Å². The van der Waals surface area contributed by atoms with Crippen LogP contribution in [0.1, 0.15) is 111 Å². The van der Waals surface area contributed by atoms with Crippen molar-refractivity contribution >= 4 is 0 Å². The molecule has 0 saturated heterocycles. The van der Waals surface area contributed by atoms with E-state index in [9.17, 15) is 0 Å². The second kappa shape index (κ2) is 15.1. The Kier molecular flexibility index (Phi) is 15.1. The Balaban J connectivity index is 3.27. The van der Waals surface area contributed by atoms with Gasteiger partial charge in [0.1, 0.15) is 0 Å². The SMILES string of the molecule is CCCCCCCCCC(CC)CCCCCC. The third-order valence-electron chi connectivity index (χ3n) is 4.26. The second-order valence-electron chi connectivity index (χ2n) is 6.03. The second-order valence-corrected chi connectivity index (χ2v) is 6.03. The van der Waals surface area contributed by atoms with Crippen molar-refractivity contribution in [1.82, 2.24) is 0 Å². The van der Waals surface area contributed by atoms with Crippen molar-refractivity contribution in [3.05, 3.63) is 0 Å². The Hall–Kier alpha value is 0. The van der Waals surface area contributed by atoms with Crippen molar-refractivity contribution in [2.45, 2.75) is 111 Å². The fraction of sp³-hybridized carbons (Fsp3) is 1.00. The van der Waals surface area contributed by atoms with Crippen molar-refractivity contribution in [3.63, 3.8) is 0 Å². The molecule has 0 aliphatic rings. The van der Waals surface area contributed by atoms with Crippen LogP contribution >= 0.6 is 0 Å². The predicted octanol–water partition coefficient (Wildman–Crippen LogP) is 7.12. The van der Waals surface area contributed by atoms with Crippen molar-refractivity contribution in [2.24, 2.45) is 5.92 Å². The van der Waals surface area contributed by atoms with E-state index in [1.807, 2.05) is 0 Å². The highest BCUT2D eigenvalue weighted by Gasteiger charge is 2.05. The molecule has 0 aliphatic carbocycles. The van der Waals surface area contributed by atoms with Crippen LogP contribution in [0.4, 0.5) is 0 Å². The molecule has 0 bridgehead atoms. The molecule has 0 aromatic carbocycles. The monoisotopic (exact) mass is 254 g/mol. The van der Waals surface area contributed by atoms with Crippen LogP contribution < -0.4 is 0 Å². The highest BCUT2D eigenvalue weighted by atomic mass is 14.1. The first-order valence-corrected chi connectivity index (χ1v) is 8.85. The van der Waals surface area contributed by atoms with Gasteiger partial charge in [0.15, 0.2) is 0 Å².